The molecule has 2 rings (SSSR count). The van der Waals surface area contributed by atoms with Gasteiger partial charge in [-0.05, 0) is 41.8 Å². The van der Waals surface area contributed by atoms with E-state index in [1.165, 1.54) is 5.56 Å². The minimum atomic E-state index is -0.159. The maximum Gasteiger partial charge on any atom is 0.125 e. The highest BCUT2D eigenvalue weighted by molar-refractivity contribution is 6.30. The fraction of sp³-hybridized carbons (Fsp3) is 0.294. The summed E-state index contributed by atoms with van der Waals surface area (Å²) in [6, 6.07) is 13.9. The third-order valence-corrected chi connectivity index (χ3v) is 3.65. The molecule has 2 aromatic carbocycles. The molecule has 0 saturated carbocycles. The summed E-state index contributed by atoms with van der Waals surface area (Å²) in [6.45, 7) is 2.13. The number of ether oxygens (including phenoxy) is 2. The number of hydrogen-bond acceptors (Lipinski definition) is 2. The highest BCUT2D eigenvalue weighted by atomic mass is 35.5. The van der Waals surface area contributed by atoms with E-state index in [1.54, 1.807) is 14.2 Å². The number of hydrogen-bond donors (Lipinski definition) is 0. The Balaban J connectivity index is 2.47. The Bertz CT molecular complexity index is 564. The summed E-state index contributed by atoms with van der Waals surface area (Å²) >= 11 is 5.95. The van der Waals surface area contributed by atoms with Crippen molar-refractivity contribution in [3.8, 4) is 5.75 Å². The molecule has 0 radical (unpaired) electrons. The van der Waals surface area contributed by atoms with Gasteiger partial charge in [0.1, 0.15) is 11.9 Å². The summed E-state index contributed by atoms with van der Waals surface area (Å²) < 4.78 is 11.1. The largest absolute Gasteiger partial charge is 0.496 e. The van der Waals surface area contributed by atoms with Gasteiger partial charge in [-0.1, -0.05) is 36.7 Å². The molecule has 0 aliphatic rings. The van der Waals surface area contributed by atoms with Crippen LogP contribution in [0, 0.1) is 0 Å². The summed E-state index contributed by atoms with van der Waals surface area (Å²) in [6.07, 6.45) is 0.822. The molecular weight excluding hydrogens is 272 g/mol. The molecule has 3 heteroatoms. The van der Waals surface area contributed by atoms with Crippen molar-refractivity contribution in [3.63, 3.8) is 0 Å². The van der Waals surface area contributed by atoms with Gasteiger partial charge in [-0.3, -0.25) is 0 Å². The van der Waals surface area contributed by atoms with E-state index < -0.39 is 0 Å². The summed E-state index contributed by atoms with van der Waals surface area (Å²) in [5, 5.41) is 0.720. The number of aryl methyl sites for hydroxylation is 1. The van der Waals surface area contributed by atoms with E-state index in [9.17, 15) is 0 Å². The zero-order chi connectivity index (χ0) is 14.5. The van der Waals surface area contributed by atoms with E-state index in [0.29, 0.717) is 0 Å². The summed E-state index contributed by atoms with van der Waals surface area (Å²) in [5.41, 5.74) is 3.36. The Morgan fingerprint density at radius 3 is 2.30 bits per heavy atom. The first-order valence-electron chi connectivity index (χ1n) is 6.64. The van der Waals surface area contributed by atoms with Gasteiger partial charge >= 0.3 is 0 Å². The van der Waals surface area contributed by atoms with Gasteiger partial charge in [0.25, 0.3) is 0 Å². The van der Waals surface area contributed by atoms with Gasteiger partial charge < -0.3 is 9.47 Å². The predicted molar refractivity (Wildman–Crippen MR) is 82.7 cm³/mol. The van der Waals surface area contributed by atoms with Gasteiger partial charge in [-0.15, -0.1) is 0 Å². The molecule has 0 heterocycles. The first-order chi connectivity index (χ1) is 9.69. The zero-order valence-corrected chi connectivity index (χ0v) is 12.8. The molecule has 106 valence electrons. The molecule has 20 heavy (non-hydrogen) atoms. The van der Waals surface area contributed by atoms with Crippen molar-refractivity contribution in [2.24, 2.45) is 0 Å². The average Bonchev–Trinajstić information content (AvgIpc) is 2.49. The zero-order valence-electron chi connectivity index (χ0n) is 12.0. The van der Waals surface area contributed by atoms with E-state index in [2.05, 4.69) is 19.1 Å². The van der Waals surface area contributed by atoms with Crippen molar-refractivity contribution < 1.29 is 9.47 Å². The molecule has 0 aliphatic heterocycles. The van der Waals surface area contributed by atoms with Crippen LogP contribution in [0.15, 0.2) is 42.5 Å². The van der Waals surface area contributed by atoms with Crippen LogP contribution in [0.5, 0.6) is 5.75 Å². The van der Waals surface area contributed by atoms with Crippen molar-refractivity contribution >= 4 is 11.6 Å². The third-order valence-electron chi connectivity index (χ3n) is 3.39. The second kappa shape index (κ2) is 6.78. The topological polar surface area (TPSA) is 18.5 Å². The van der Waals surface area contributed by atoms with E-state index in [4.69, 9.17) is 21.1 Å². The quantitative estimate of drug-likeness (QED) is 0.798. The number of rotatable bonds is 5. The molecule has 0 fully saturated rings. The lowest BCUT2D eigenvalue weighted by molar-refractivity contribution is 0.133. The van der Waals surface area contributed by atoms with Crippen LogP contribution in [-0.4, -0.2) is 14.2 Å². The molecule has 0 aromatic heterocycles. The van der Waals surface area contributed by atoms with Crippen LogP contribution >= 0.6 is 11.6 Å². The van der Waals surface area contributed by atoms with Crippen molar-refractivity contribution in [1.29, 1.82) is 0 Å². The Morgan fingerprint density at radius 2 is 1.75 bits per heavy atom. The second-order valence-corrected chi connectivity index (χ2v) is 5.03. The van der Waals surface area contributed by atoms with Crippen LogP contribution in [-0.2, 0) is 11.2 Å². The summed E-state index contributed by atoms with van der Waals surface area (Å²) in [4.78, 5) is 0. The first kappa shape index (κ1) is 14.9. The highest BCUT2D eigenvalue weighted by Gasteiger charge is 2.18. The lowest BCUT2D eigenvalue weighted by Crippen LogP contribution is -2.06. The Morgan fingerprint density at radius 1 is 1.05 bits per heavy atom. The van der Waals surface area contributed by atoms with Crippen molar-refractivity contribution in [2.75, 3.05) is 14.2 Å². The molecule has 0 saturated heterocycles. The second-order valence-electron chi connectivity index (χ2n) is 4.60. The van der Waals surface area contributed by atoms with Crippen molar-refractivity contribution in [3.05, 3.63) is 64.2 Å². The van der Waals surface area contributed by atoms with Crippen molar-refractivity contribution in [2.45, 2.75) is 19.4 Å². The monoisotopic (exact) mass is 290 g/mol. The fourth-order valence-electron chi connectivity index (χ4n) is 2.29. The van der Waals surface area contributed by atoms with Gasteiger partial charge in [0.15, 0.2) is 0 Å². The number of methoxy groups -OCH3 is 2. The van der Waals surface area contributed by atoms with E-state index in [-0.39, 0.29) is 6.10 Å². The van der Waals surface area contributed by atoms with Gasteiger partial charge in [-0.25, -0.2) is 0 Å². The van der Waals surface area contributed by atoms with Crippen LogP contribution in [0.25, 0.3) is 0 Å². The molecule has 2 nitrogen and oxygen atoms in total. The number of benzene rings is 2. The van der Waals surface area contributed by atoms with Crippen LogP contribution in [0.1, 0.15) is 29.7 Å². The molecule has 0 spiro atoms. The minimum absolute atomic E-state index is 0.159. The minimum Gasteiger partial charge on any atom is -0.496 e. The summed E-state index contributed by atoms with van der Waals surface area (Å²) in [7, 11) is 3.39. The van der Waals surface area contributed by atoms with Gasteiger partial charge in [-0.2, -0.15) is 0 Å². The van der Waals surface area contributed by atoms with E-state index >= 15 is 0 Å². The average molecular weight is 291 g/mol. The predicted octanol–water partition coefficient (Wildman–Crippen LogP) is 4.65. The van der Waals surface area contributed by atoms with Gasteiger partial charge in [0, 0.05) is 17.7 Å². The molecule has 0 bridgehead atoms. The van der Waals surface area contributed by atoms with E-state index in [0.717, 1.165) is 28.3 Å². The number of halogens is 1. The molecule has 0 unspecified atom stereocenters. The van der Waals surface area contributed by atoms with E-state index in [1.807, 2.05) is 30.3 Å². The van der Waals surface area contributed by atoms with Crippen LogP contribution in [0.2, 0.25) is 5.02 Å². The Labute approximate surface area is 125 Å². The molecule has 0 aliphatic carbocycles. The fourth-order valence-corrected chi connectivity index (χ4v) is 2.41. The Hall–Kier alpha value is -1.51. The smallest absolute Gasteiger partial charge is 0.125 e. The van der Waals surface area contributed by atoms with Gasteiger partial charge in [0.2, 0.25) is 0 Å². The Kier molecular flexibility index (Phi) is 5.05. The SMILES string of the molecule is CCc1ccc(OC)c([C@H](OC)c2ccc(Cl)cc2)c1. The normalized spacial score (nSPS) is 12.2. The molecule has 0 amide bonds. The maximum atomic E-state index is 5.95. The standard InChI is InChI=1S/C17H19ClO2/c1-4-12-5-10-16(19-2)15(11-12)17(20-3)13-6-8-14(18)9-7-13/h5-11,17H,4H2,1-3H3/t17-/m1/s1. The van der Waals surface area contributed by atoms with Gasteiger partial charge in [0.05, 0.1) is 7.11 Å². The van der Waals surface area contributed by atoms with Crippen molar-refractivity contribution in [1.82, 2.24) is 0 Å². The molecular formula is C17H19ClO2. The lowest BCUT2D eigenvalue weighted by Gasteiger charge is -2.20. The highest BCUT2D eigenvalue weighted by Crippen LogP contribution is 2.33. The summed E-state index contributed by atoms with van der Waals surface area (Å²) in [5.74, 6) is 0.837. The maximum absolute atomic E-state index is 5.95. The molecule has 1 atom stereocenters. The molecule has 2 aromatic rings. The van der Waals surface area contributed by atoms with Crippen LogP contribution in [0.3, 0.4) is 0 Å². The molecule has 0 N–H and O–H groups in total. The van der Waals surface area contributed by atoms with Crippen LogP contribution < -0.4 is 4.74 Å². The third kappa shape index (κ3) is 3.14. The lowest BCUT2D eigenvalue weighted by atomic mass is 9.98. The van der Waals surface area contributed by atoms with Crippen LogP contribution in [0.4, 0.5) is 0 Å². The first-order valence-corrected chi connectivity index (χ1v) is 7.02.